The molecular formula is C20H19Cl2N5O6. The molecule has 2 amide bonds. The van der Waals surface area contributed by atoms with E-state index in [-0.39, 0.29) is 39.1 Å². The molecule has 0 aliphatic carbocycles. The summed E-state index contributed by atoms with van der Waals surface area (Å²) in [6, 6.07) is 7.77. The largest absolute Gasteiger partial charge is 0.351 e. The summed E-state index contributed by atoms with van der Waals surface area (Å²) in [5, 5.41) is 25.4. The third kappa shape index (κ3) is 5.95. The number of nitrogens with one attached hydrogen (secondary N) is 1. The minimum atomic E-state index is -0.665. The third-order valence-corrected chi connectivity index (χ3v) is 5.63. The van der Waals surface area contributed by atoms with Crippen molar-refractivity contribution in [2.75, 3.05) is 39.3 Å². The predicted octanol–water partition coefficient (Wildman–Crippen LogP) is 3.00. The maximum absolute atomic E-state index is 12.8. The molecule has 0 bridgehead atoms. The number of carbonyl (C=O) groups is 2. The number of hydrogen-bond acceptors (Lipinski definition) is 7. The van der Waals surface area contributed by atoms with Gasteiger partial charge in [-0.1, -0.05) is 23.2 Å². The van der Waals surface area contributed by atoms with Gasteiger partial charge in [0.15, 0.2) is 0 Å². The van der Waals surface area contributed by atoms with Crippen LogP contribution in [0.1, 0.15) is 20.7 Å². The molecule has 1 aliphatic heterocycles. The van der Waals surface area contributed by atoms with Crippen LogP contribution >= 0.6 is 23.2 Å². The first kappa shape index (κ1) is 24.4. The second kappa shape index (κ2) is 10.6. The maximum atomic E-state index is 12.8. The van der Waals surface area contributed by atoms with Crippen LogP contribution in [0.4, 0.5) is 11.4 Å². The highest BCUT2D eigenvalue weighted by Crippen LogP contribution is 2.25. The molecule has 0 radical (unpaired) electrons. The van der Waals surface area contributed by atoms with Crippen LogP contribution in [0.25, 0.3) is 0 Å². The lowest BCUT2D eigenvalue weighted by molar-refractivity contribution is -0.385. The van der Waals surface area contributed by atoms with E-state index in [0.29, 0.717) is 32.7 Å². The normalized spacial score (nSPS) is 14.1. The van der Waals surface area contributed by atoms with Crippen molar-refractivity contribution in [3.8, 4) is 0 Å². The van der Waals surface area contributed by atoms with E-state index in [9.17, 15) is 29.8 Å². The van der Waals surface area contributed by atoms with Gasteiger partial charge in [0.25, 0.3) is 23.2 Å². The average Bonchev–Trinajstić information content (AvgIpc) is 2.78. The number of halogens is 2. The molecule has 0 unspecified atom stereocenters. The van der Waals surface area contributed by atoms with Gasteiger partial charge in [-0.05, 0) is 24.3 Å². The van der Waals surface area contributed by atoms with E-state index in [1.807, 2.05) is 4.90 Å². The number of nitro groups is 2. The molecule has 174 valence electrons. The highest BCUT2D eigenvalue weighted by molar-refractivity contribution is 6.31. The molecule has 3 rings (SSSR count). The van der Waals surface area contributed by atoms with Crippen molar-refractivity contribution in [1.29, 1.82) is 0 Å². The summed E-state index contributed by atoms with van der Waals surface area (Å²) >= 11 is 11.6. The Morgan fingerprint density at radius 3 is 1.94 bits per heavy atom. The standard InChI is InChI=1S/C20H19Cl2N5O6/c21-13-1-3-15(17(11-13)26(30)31)19(28)23-5-6-24-7-9-25(10-8-24)20(29)16-4-2-14(22)12-18(16)27(32)33/h1-4,11-12H,5-10H2,(H,23,28). The quantitative estimate of drug-likeness (QED) is 0.459. The van der Waals surface area contributed by atoms with E-state index in [1.165, 1.54) is 29.2 Å². The van der Waals surface area contributed by atoms with Gasteiger partial charge in [-0.2, -0.15) is 0 Å². The summed E-state index contributed by atoms with van der Waals surface area (Å²) in [7, 11) is 0. The number of nitro benzene ring substituents is 2. The van der Waals surface area contributed by atoms with Gasteiger partial charge in [-0.25, -0.2) is 0 Å². The summed E-state index contributed by atoms with van der Waals surface area (Å²) in [6.07, 6.45) is 0. The Labute approximate surface area is 198 Å². The van der Waals surface area contributed by atoms with Crippen LogP contribution in [0, 0.1) is 20.2 Å². The Bertz CT molecular complexity index is 1100. The molecule has 1 heterocycles. The zero-order valence-corrected chi connectivity index (χ0v) is 18.7. The van der Waals surface area contributed by atoms with Crippen molar-refractivity contribution >= 4 is 46.4 Å². The summed E-state index contributed by atoms with van der Waals surface area (Å²) in [6.45, 7) is 2.43. The summed E-state index contributed by atoms with van der Waals surface area (Å²) in [5.41, 5.74) is -0.809. The van der Waals surface area contributed by atoms with Crippen LogP contribution in [0.5, 0.6) is 0 Å². The predicted molar refractivity (Wildman–Crippen MR) is 121 cm³/mol. The monoisotopic (exact) mass is 495 g/mol. The second-order valence-electron chi connectivity index (χ2n) is 7.23. The van der Waals surface area contributed by atoms with Gasteiger partial charge >= 0.3 is 0 Å². The van der Waals surface area contributed by atoms with Crippen molar-refractivity contribution in [1.82, 2.24) is 15.1 Å². The molecular weight excluding hydrogens is 477 g/mol. The number of hydrogen-bond donors (Lipinski definition) is 1. The molecule has 1 saturated heterocycles. The maximum Gasteiger partial charge on any atom is 0.283 e. The van der Waals surface area contributed by atoms with Crippen LogP contribution in [0.15, 0.2) is 36.4 Å². The second-order valence-corrected chi connectivity index (χ2v) is 8.10. The van der Waals surface area contributed by atoms with Crippen molar-refractivity contribution in [3.05, 3.63) is 77.8 Å². The Morgan fingerprint density at radius 2 is 1.39 bits per heavy atom. The minimum Gasteiger partial charge on any atom is -0.351 e. The van der Waals surface area contributed by atoms with Gasteiger partial charge in [0.05, 0.1) is 9.85 Å². The number of rotatable bonds is 7. The first-order valence-corrected chi connectivity index (χ1v) is 10.6. The van der Waals surface area contributed by atoms with Gasteiger partial charge in [0, 0.05) is 61.4 Å². The fourth-order valence-electron chi connectivity index (χ4n) is 3.45. The number of nitrogens with zero attached hydrogens (tertiary/aromatic N) is 4. The Hall–Kier alpha value is -3.28. The first-order chi connectivity index (χ1) is 15.7. The fourth-order valence-corrected chi connectivity index (χ4v) is 3.78. The van der Waals surface area contributed by atoms with Crippen molar-refractivity contribution in [3.63, 3.8) is 0 Å². The number of benzene rings is 2. The Morgan fingerprint density at radius 1 is 0.879 bits per heavy atom. The molecule has 1 aliphatic rings. The van der Waals surface area contributed by atoms with Gasteiger partial charge in [-0.15, -0.1) is 0 Å². The van der Waals surface area contributed by atoms with E-state index in [1.54, 1.807) is 0 Å². The summed E-state index contributed by atoms with van der Waals surface area (Å²) in [4.78, 5) is 49.7. The fraction of sp³-hybridized carbons (Fsp3) is 0.300. The molecule has 1 fully saturated rings. The molecule has 2 aromatic rings. The lowest BCUT2D eigenvalue weighted by atomic mass is 10.1. The van der Waals surface area contributed by atoms with E-state index >= 15 is 0 Å². The van der Waals surface area contributed by atoms with E-state index in [2.05, 4.69) is 5.32 Å². The molecule has 0 atom stereocenters. The molecule has 11 nitrogen and oxygen atoms in total. The molecule has 13 heteroatoms. The molecule has 2 aromatic carbocycles. The van der Waals surface area contributed by atoms with Crippen molar-refractivity contribution in [2.24, 2.45) is 0 Å². The topological polar surface area (TPSA) is 139 Å². The summed E-state index contributed by atoms with van der Waals surface area (Å²) < 4.78 is 0. The molecule has 33 heavy (non-hydrogen) atoms. The molecule has 1 N–H and O–H groups in total. The lowest BCUT2D eigenvalue weighted by Crippen LogP contribution is -2.50. The van der Waals surface area contributed by atoms with Crippen LogP contribution in [0.3, 0.4) is 0 Å². The van der Waals surface area contributed by atoms with E-state index in [0.717, 1.165) is 12.1 Å². The van der Waals surface area contributed by atoms with Crippen LogP contribution < -0.4 is 5.32 Å². The molecule has 0 aromatic heterocycles. The third-order valence-electron chi connectivity index (χ3n) is 5.16. The Balaban J connectivity index is 1.52. The van der Waals surface area contributed by atoms with E-state index < -0.39 is 21.7 Å². The average molecular weight is 496 g/mol. The molecule has 0 spiro atoms. The smallest absolute Gasteiger partial charge is 0.283 e. The number of carbonyl (C=O) groups excluding carboxylic acids is 2. The highest BCUT2D eigenvalue weighted by Gasteiger charge is 2.28. The van der Waals surface area contributed by atoms with E-state index in [4.69, 9.17) is 23.2 Å². The van der Waals surface area contributed by atoms with Gasteiger partial charge in [-0.3, -0.25) is 34.7 Å². The first-order valence-electron chi connectivity index (χ1n) is 9.85. The zero-order valence-electron chi connectivity index (χ0n) is 17.2. The molecule has 0 saturated carbocycles. The lowest BCUT2D eigenvalue weighted by Gasteiger charge is -2.34. The zero-order chi connectivity index (χ0) is 24.1. The van der Waals surface area contributed by atoms with Gasteiger partial charge < -0.3 is 10.2 Å². The Kier molecular flexibility index (Phi) is 7.79. The number of amides is 2. The van der Waals surface area contributed by atoms with Crippen molar-refractivity contribution < 1.29 is 19.4 Å². The highest BCUT2D eigenvalue weighted by atomic mass is 35.5. The SMILES string of the molecule is O=C(NCCN1CCN(C(=O)c2ccc(Cl)cc2[N+](=O)[O-])CC1)c1ccc(Cl)cc1[N+](=O)[O-]. The van der Waals surface area contributed by atoms with Crippen molar-refractivity contribution in [2.45, 2.75) is 0 Å². The van der Waals surface area contributed by atoms with Crippen LogP contribution in [0.2, 0.25) is 10.0 Å². The van der Waals surface area contributed by atoms with Gasteiger partial charge in [0.2, 0.25) is 0 Å². The summed E-state index contributed by atoms with van der Waals surface area (Å²) in [5.74, 6) is -1.02. The minimum absolute atomic E-state index is 0.0188. The van der Waals surface area contributed by atoms with Crippen LogP contribution in [-0.2, 0) is 0 Å². The van der Waals surface area contributed by atoms with Crippen LogP contribution in [-0.4, -0.2) is 70.7 Å². The van der Waals surface area contributed by atoms with Gasteiger partial charge in [0.1, 0.15) is 11.1 Å². The number of piperazine rings is 1.